The van der Waals surface area contributed by atoms with Crippen LogP contribution in [0.25, 0.3) is 0 Å². The van der Waals surface area contributed by atoms with Crippen molar-refractivity contribution in [1.82, 2.24) is 0 Å². The number of fused-ring (bicyclic) bond motifs is 1. The molecule has 2 amide bonds. The Bertz CT molecular complexity index is 931. The van der Waals surface area contributed by atoms with Gasteiger partial charge in [0.25, 0.3) is 5.91 Å². The van der Waals surface area contributed by atoms with Crippen molar-refractivity contribution in [2.45, 2.75) is 19.4 Å². The first kappa shape index (κ1) is 19.3. The largest absolute Gasteiger partial charge is 0.494 e. The smallest absolute Gasteiger partial charge is 0.338 e. The summed E-state index contributed by atoms with van der Waals surface area (Å²) in [5.41, 5.74) is 0.999. The van der Waals surface area contributed by atoms with E-state index in [0.29, 0.717) is 11.4 Å². The van der Waals surface area contributed by atoms with Crippen molar-refractivity contribution in [3.05, 3.63) is 53.8 Å². The van der Waals surface area contributed by atoms with E-state index in [1.807, 2.05) is 0 Å². The van der Waals surface area contributed by atoms with E-state index in [9.17, 15) is 18.8 Å². The van der Waals surface area contributed by atoms with Crippen LogP contribution in [0.4, 0.5) is 15.8 Å². The molecule has 0 radical (unpaired) electrons. The van der Waals surface area contributed by atoms with Gasteiger partial charge in [0.2, 0.25) is 5.91 Å². The number of para-hydroxylation sites is 2. The van der Waals surface area contributed by atoms with Crippen molar-refractivity contribution < 1.29 is 28.2 Å². The molecular weight excluding hydrogens is 367 g/mol. The van der Waals surface area contributed by atoms with Gasteiger partial charge in [-0.1, -0.05) is 12.1 Å². The number of nitrogens with one attached hydrogen (secondary N) is 1. The molecule has 0 saturated heterocycles. The van der Waals surface area contributed by atoms with Crippen molar-refractivity contribution in [1.29, 1.82) is 0 Å². The number of halogens is 1. The predicted molar refractivity (Wildman–Crippen MR) is 99.9 cm³/mol. The van der Waals surface area contributed by atoms with E-state index in [1.165, 1.54) is 24.1 Å². The molecule has 146 valence electrons. The van der Waals surface area contributed by atoms with Gasteiger partial charge in [0.05, 0.1) is 24.0 Å². The van der Waals surface area contributed by atoms with Gasteiger partial charge in [0, 0.05) is 12.5 Å². The van der Waals surface area contributed by atoms with Gasteiger partial charge >= 0.3 is 5.97 Å². The van der Waals surface area contributed by atoms with Crippen molar-refractivity contribution >= 4 is 29.2 Å². The summed E-state index contributed by atoms with van der Waals surface area (Å²) in [5, 5.41) is 2.75. The minimum absolute atomic E-state index is 0.000193. The maximum atomic E-state index is 13.8. The Morgan fingerprint density at radius 2 is 2.00 bits per heavy atom. The summed E-state index contributed by atoms with van der Waals surface area (Å²) in [6.45, 7) is 1.19. The zero-order valence-electron chi connectivity index (χ0n) is 15.4. The molecule has 1 heterocycles. The Morgan fingerprint density at radius 3 is 2.71 bits per heavy atom. The number of hydrogen-bond donors (Lipinski definition) is 1. The van der Waals surface area contributed by atoms with Crippen LogP contribution in [0.1, 0.15) is 23.7 Å². The molecule has 7 nitrogen and oxygen atoms in total. The molecule has 1 aliphatic heterocycles. The second-order valence-corrected chi connectivity index (χ2v) is 6.31. The summed E-state index contributed by atoms with van der Waals surface area (Å²) in [6.07, 6.45) is 0.109. The Kier molecular flexibility index (Phi) is 5.58. The van der Waals surface area contributed by atoms with Crippen molar-refractivity contribution in [2.24, 2.45) is 0 Å². The number of carbonyl (C=O) groups excluding carboxylic acids is 3. The van der Waals surface area contributed by atoms with Crippen LogP contribution in [0.5, 0.6) is 5.75 Å². The lowest BCUT2D eigenvalue weighted by molar-refractivity contribution is -0.122. The molecule has 3 rings (SSSR count). The number of hydrogen-bond acceptors (Lipinski definition) is 5. The SMILES string of the molecule is COc1ccc(C(=O)OCC(=O)N2c3ccccc3NC(=O)C[C@@H]2C)cc1F. The first-order chi connectivity index (χ1) is 13.4. The third-order valence-corrected chi connectivity index (χ3v) is 4.34. The summed E-state index contributed by atoms with van der Waals surface area (Å²) in [4.78, 5) is 38.3. The van der Waals surface area contributed by atoms with Gasteiger partial charge in [-0.3, -0.25) is 9.59 Å². The maximum Gasteiger partial charge on any atom is 0.338 e. The average Bonchev–Trinajstić information content (AvgIpc) is 2.79. The van der Waals surface area contributed by atoms with Crippen molar-refractivity contribution in [2.75, 3.05) is 23.9 Å². The van der Waals surface area contributed by atoms with E-state index in [0.717, 1.165) is 6.07 Å². The Labute approximate surface area is 161 Å². The van der Waals surface area contributed by atoms with E-state index in [2.05, 4.69) is 5.32 Å². The number of anilines is 2. The quantitative estimate of drug-likeness (QED) is 0.817. The highest BCUT2D eigenvalue weighted by Crippen LogP contribution is 2.31. The fourth-order valence-electron chi connectivity index (χ4n) is 3.04. The van der Waals surface area contributed by atoms with Gasteiger partial charge in [0.1, 0.15) is 0 Å². The van der Waals surface area contributed by atoms with E-state index in [-0.39, 0.29) is 23.6 Å². The predicted octanol–water partition coefficient (Wildman–Crippen LogP) is 2.76. The Balaban J connectivity index is 1.74. The Hall–Kier alpha value is -3.42. The lowest BCUT2D eigenvalue weighted by Gasteiger charge is -2.27. The lowest BCUT2D eigenvalue weighted by Crippen LogP contribution is -2.41. The molecule has 1 aliphatic rings. The minimum atomic E-state index is -0.833. The number of esters is 1. The average molecular weight is 386 g/mol. The highest BCUT2D eigenvalue weighted by molar-refractivity contribution is 6.05. The number of ether oxygens (including phenoxy) is 2. The summed E-state index contributed by atoms with van der Waals surface area (Å²) in [6, 6.07) is 10.1. The van der Waals surface area contributed by atoms with Crippen LogP contribution in [0.3, 0.4) is 0 Å². The fourth-order valence-corrected chi connectivity index (χ4v) is 3.04. The van der Waals surface area contributed by atoms with Crippen molar-refractivity contribution in [3.63, 3.8) is 0 Å². The molecule has 0 aliphatic carbocycles. The zero-order valence-corrected chi connectivity index (χ0v) is 15.4. The van der Waals surface area contributed by atoms with E-state index in [1.54, 1.807) is 31.2 Å². The molecular formula is C20H19FN2O5. The van der Waals surface area contributed by atoms with Gasteiger partial charge in [-0.05, 0) is 37.3 Å². The monoisotopic (exact) mass is 386 g/mol. The summed E-state index contributed by atoms with van der Waals surface area (Å²) in [7, 11) is 1.31. The highest BCUT2D eigenvalue weighted by Gasteiger charge is 2.30. The number of carbonyl (C=O) groups is 3. The first-order valence-electron chi connectivity index (χ1n) is 8.62. The molecule has 8 heteroatoms. The van der Waals surface area contributed by atoms with Crippen LogP contribution >= 0.6 is 0 Å². The first-order valence-corrected chi connectivity index (χ1v) is 8.62. The number of nitrogens with zero attached hydrogens (tertiary/aromatic N) is 1. The summed E-state index contributed by atoms with van der Waals surface area (Å²) < 4.78 is 23.6. The molecule has 0 spiro atoms. The molecule has 1 N–H and O–H groups in total. The van der Waals surface area contributed by atoms with Gasteiger partial charge in [0.15, 0.2) is 18.2 Å². The second-order valence-electron chi connectivity index (χ2n) is 6.31. The third kappa shape index (κ3) is 3.95. The maximum absolute atomic E-state index is 13.8. The van der Waals surface area contributed by atoms with Gasteiger partial charge in [-0.2, -0.15) is 0 Å². The number of methoxy groups -OCH3 is 1. The standard InChI is InChI=1S/C20H19FN2O5/c1-12-9-18(24)22-15-5-3-4-6-16(15)23(12)19(25)11-28-20(26)13-7-8-17(27-2)14(21)10-13/h3-8,10,12H,9,11H2,1-2H3,(H,22,24)/t12-/m0/s1. The van der Waals surface area contributed by atoms with Crippen LogP contribution < -0.4 is 15.0 Å². The summed E-state index contributed by atoms with van der Waals surface area (Å²) in [5.74, 6) is -2.23. The molecule has 1 atom stereocenters. The van der Waals surface area contributed by atoms with Gasteiger partial charge < -0.3 is 19.7 Å². The van der Waals surface area contributed by atoms with Crippen LogP contribution in [0.15, 0.2) is 42.5 Å². The molecule has 2 aromatic carbocycles. The van der Waals surface area contributed by atoms with Crippen LogP contribution in [-0.4, -0.2) is 37.5 Å². The molecule has 2 aromatic rings. The zero-order chi connectivity index (χ0) is 20.3. The van der Waals surface area contributed by atoms with Gasteiger partial charge in [-0.15, -0.1) is 0 Å². The normalized spacial score (nSPS) is 15.9. The molecule has 0 bridgehead atoms. The molecule has 0 saturated carbocycles. The molecule has 0 aromatic heterocycles. The fraction of sp³-hybridized carbons (Fsp3) is 0.250. The van der Waals surface area contributed by atoms with Crippen LogP contribution in [0.2, 0.25) is 0 Å². The summed E-state index contributed by atoms with van der Waals surface area (Å²) >= 11 is 0. The molecule has 0 fully saturated rings. The van der Waals surface area contributed by atoms with E-state index >= 15 is 0 Å². The van der Waals surface area contributed by atoms with Crippen LogP contribution in [0, 0.1) is 5.82 Å². The lowest BCUT2D eigenvalue weighted by atomic mass is 10.1. The molecule has 0 unspecified atom stereocenters. The third-order valence-electron chi connectivity index (χ3n) is 4.34. The number of rotatable bonds is 4. The topological polar surface area (TPSA) is 84.9 Å². The van der Waals surface area contributed by atoms with E-state index < -0.39 is 30.3 Å². The Morgan fingerprint density at radius 1 is 1.25 bits per heavy atom. The minimum Gasteiger partial charge on any atom is -0.494 e. The van der Waals surface area contributed by atoms with Gasteiger partial charge in [-0.25, -0.2) is 9.18 Å². The molecule has 28 heavy (non-hydrogen) atoms. The van der Waals surface area contributed by atoms with Crippen LogP contribution in [-0.2, 0) is 14.3 Å². The van der Waals surface area contributed by atoms with E-state index in [4.69, 9.17) is 9.47 Å². The second kappa shape index (κ2) is 8.08. The highest BCUT2D eigenvalue weighted by atomic mass is 19.1. The number of amides is 2. The van der Waals surface area contributed by atoms with Crippen molar-refractivity contribution in [3.8, 4) is 5.75 Å². The number of benzene rings is 2.